The zero-order valence-electron chi connectivity index (χ0n) is 12.3. The van der Waals surface area contributed by atoms with Crippen LogP contribution in [0.5, 0.6) is 0 Å². The third-order valence-electron chi connectivity index (χ3n) is 3.69. The predicted molar refractivity (Wildman–Crippen MR) is 80.8 cm³/mol. The number of hydrogen-bond acceptors (Lipinski definition) is 3. The molecule has 1 aromatic carbocycles. The number of benzene rings is 1. The van der Waals surface area contributed by atoms with Crippen LogP contribution in [0.2, 0.25) is 0 Å². The molecule has 0 heterocycles. The van der Waals surface area contributed by atoms with Crippen LogP contribution in [0.25, 0.3) is 0 Å². The van der Waals surface area contributed by atoms with E-state index in [1.54, 1.807) is 0 Å². The summed E-state index contributed by atoms with van der Waals surface area (Å²) >= 11 is 3.34. The number of ether oxygens (including phenoxy) is 2. The molecule has 1 aliphatic rings. The highest BCUT2D eigenvalue weighted by Gasteiger charge is 2.61. The standard InChI is InChI=1S/C13H15BrO4.C2H6/c1-17-13(18-2)7-12(8-13,11(15)16)9-3-5-10(14)6-4-9;1-2/h3-6H,7-8H2,1-2H3,(H,15,16);1-2H3. The molecule has 0 radical (unpaired) electrons. The van der Waals surface area contributed by atoms with Crippen molar-refractivity contribution in [2.75, 3.05) is 14.2 Å². The largest absolute Gasteiger partial charge is 0.481 e. The van der Waals surface area contributed by atoms with E-state index in [-0.39, 0.29) is 0 Å². The van der Waals surface area contributed by atoms with Gasteiger partial charge in [0.2, 0.25) is 0 Å². The summed E-state index contributed by atoms with van der Waals surface area (Å²) in [4.78, 5) is 11.6. The highest BCUT2D eigenvalue weighted by molar-refractivity contribution is 9.10. The van der Waals surface area contributed by atoms with Gasteiger partial charge in [-0.2, -0.15) is 0 Å². The highest BCUT2D eigenvalue weighted by atomic mass is 79.9. The molecule has 20 heavy (non-hydrogen) atoms. The first-order valence-corrected chi connectivity index (χ1v) is 7.37. The smallest absolute Gasteiger partial charge is 0.314 e. The number of carboxylic acids is 1. The van der Waals surface area contributed by atoms with E-state index in [4.69, 9.17) is 9.47 Å². The molecule has 1 fully saturated rings. The summed E-state index contributed by atoms with van der Waals surface area (Å²) in [6.07, 6.45) is 0.647. The fourth-order valence-corrected chi connectivity index (χ4v) is 2.75. The summed E-state index contributed by atoms with van der Waals surface area (Å²) in [6.45, 7) is 4.00. The van der Waals surface area contributed by atoms with Gasteiger partial charge in [0.25, 0.3) is 0 Å². The average molecular weight is 345 g/mol. The van der Waals surface area contributed by atoms with Gasteiger partial charge in [0, 0.05) is 31.5 Å². The first-order chi connectivity index (χ1) is 9.48. The zero-order valence-corrected chi connectivity index (χ0v) is 13.9. The molecule has 0 spiro atoms. The number of halogens is 1. The van der Waals surface area contributed by atoms with Gasteiger partial charge in [-0.3, -0.25) is 4.79 Å². The van der Waals surface area contributed by atoms with Crippen molar-refractivity contribution in [3.63, 3.8) is 0 Å². The Balaban J connectivity index is 0.000000956. The van der Waals surface area contributed by atoms with Crippen LogP contribution in [0, 0.1) is 0 Å². The number of aliphatic carboxylic acids is 1. The molecule has 1 N–H and O–H groups in total. The second-order valence-electron chi connectivity index (χ2n) is 4.57. The lowest BCUT2D eigenvalue weighted by atomic mass is 9.60. The van der Waals surface area contributed by atoms with Gasteiger partial charge in [0.05, 0.1) is 0 Å². The maximum absolute atomic E-state index is 11.6. The lowest BCUT2D eigenvalue weighted by molar-refractivity contribution is -0.277. The zero-order chi connectivity index (χ0) is 15.4. The molecular formula is C15H21BrO4. The maximum Gasteiger partial charge on any atom is 0.314 e. The second kappa shape index (κ2) is 6.70. The number of rotatable bonds is 4. The fourth-order valence-electron chi connectivity index (χ4n) is 2.49. The van der Waals surface area contributed by atoms with Crippen LogP contribution in [0.1, 0.15) is 32.3 Å². The van der Waals surface area contributed by atoms with Gasteiger partial charge in [0.1, 0.15) is 5.41 Å². The number of carboxylic acid groups (broad SMARTS) is 1. The van der Waals surface area contributed by atoms with E-state index in [1.807, 2.05) is 38.1 Å². The molecule has 0 atom stereocenters. The molecule has 2 rings (SSSR count). The molecule has 0 aliphatic heterocycles. The van der Waals surface area contributed by atoms with E-state index in [9.17, 15) is 9.90 Å². The first-order valence-electron chi connectivity index (χ1n) is 6.58. The van der Waals surface area contributed by atoms with E-state index in [2.05, 4.69) is 15.9 Å². The average Bonchev–Trinajstić information content (AvgIpc) is 2.43. The summed E-state index contributed by atoms with van der Waals surface area (Å²) in [6, 6.07) is 7.35. The van der Waals surface area contributed by atoms with Gasteiger partial charge in [0.15, 0.2) is 5.79 Å². The van der Waals surface area contributed by atoms with Crippen molar-refractivity contribution in [3.05, 3.63) is 34.3 Å². The summed E-state index contributed by atoms with van der Waals surface area (Å²) in [5.74, 6) is -1.61. The SMILES string of the molecule is CC.COC1(OC)CC(C(=O)O)(c2ccc(Br)cc2)C1. The van der Waals surface area contributed by atoms with Gasteiger partial charge >= 0.3 is 5.97 Å². The summed E-state index contributed by atoms with van der Waals surface area (Å²) in [5, 5.41) is 9.51. The monoisotopic (exact) mass is 344 g/mol. The number of carbonyl (C=O) groups is 1. The minimum absolute atomic E-state index is 0.323. The Morgan fingerprint density at radius 3 is 1.95 bits per heavy atom. The van der Waals surface area contributed by atoms with Crippen LogP contribution in [0.15, 0.2) is 28.7 Å². The van der Waals surface area contributed by atoms with Gasteiger partial charge in [-0.15, -0.1) is 0 Å². The summed E-state index contributed by atoms with van der Waals surface area (Å²) < 4.78 is 11.5. The van der Waals surface area contributed by atoms with Crippen molar-refractivity contribution >= 4 is 21.9 Å². The quantitative estimate of drug-likeness (QED) is 0.848. The van der Waals surface area contributed by atoms with Crippen LogP contribution in [0.3, 0.4) is 0 Å². The maximum atomic E-state index is 11.6. The Bertz CT molecular complexity index is 443. The van der Waals surface area contributed by atoms with Crippen molar-refractivity contribution in [1.29, 1.82) is 0 Å². The predicted octanol–water partition coefficient (Wildman–Crippen LogP) is 3.58. The van der Waals surface area contributed by atoms with E-state index >= 15 is 0 Å². The lowest BCUT2D eigenvalue weighted by Crippen LogP contribution is -2.60. The Morgan fingerprint density at radius 2 is 1.60 bits per heavy atom. The first kappa shape index (κ1) is 17.1. The van der Waals surface area contributed by atoms with Crippen LogP contribution in [0.4, 0.5) is 0 Å². The van der Waals surface area contributed by atoms with Crippen molar-refractivity contribution in [2.24, 2.45) is 0 Å². The number of hydrogen-bond donors (Lipinski definition) is 1. The van der Waals surface area contributed by atoms with Gasteiger partial charge in [-0.05, 0) is 17.7 Å². The molecule has 4 nitrogen and oxygen atoms in total. The summed E-state index contributed by atoms with van der Waals surface area (Å²) in [7, 11) is 3.08. The van der Waals surface area contributed by atoms with Crippen LogP contribution >= 0.6 is 15.9 Å². The Kier molecular flexibility index (Phi) is 5.74. The normalized spacial score (nSPS) is 18.4. The fraction of sp³-hybridized carbons (Fsp3) is 0.533. The molecule has 1 aromatic rings. The summed E-state index contributed by atoms with van der Waals surface area (Å²) in [5.41, 5.74) is -0.130. The second-order valence-corrected chi connectivity index (χ2v) is 5.48. The Labute approximate surface area is 128 Å². The third kappa shape index (κ3) is 2.90. The molecule has 0 amide bonds. The third-order valence-corrected chi connectivity index (χ3v) is 4.22. The highest BCUT2D eigenvalue weighted by Crippen LogP contribution is 2.52. The van der Waals surface area contributed by atoms with Crippen molar-refractivity contribution in [2.45, 2.75) is 37.9 Å². The van der Waals surface area contributed by atoms with E-state index in [0.717, 1.165) is 10.0 Å². The molecule has 0 bridgehead atoms. The van der Waals surface area contributed by atoms with Crippen LogP contribution in [-0.4, -0.2) is 31.1 Å². The minimum Gasteiger partial charge on any atom is -0.481 e. The van der Waals surface area contributed by atoms with Gasteiger partial charge < -0.3 is 14.6 Å². The molecule has 0 unspecified atom stereocenters. The molecular weight excluding hydrogens is 324 g/mol. The van der Waals surface area contributed by atoms with Crippen molar-refractivity contribution < 1.29 is 19.4 Å². The Morgan fingerprint density at radius 1 is 1.15 bits per heavy atom. The van der Waals surface area contributed by atoms with E-state index in [1.165, 1.54) is 14.2 Å². The van der Waals surface area contributed by atoms with Crippen LogP contribution in [-0.2, 0) is 19.7 Å². The molecule has 5 heteroatoms. The molecule has 0 aromatic heterocycles. The van der Waals surface area contributed by atoms with E-state index < -0.39 is 17.2 Å². The van der Waals surface area contributed by atoms with Gasteiger partial charge in [-0.25, -0.2) is 0 Å². The number of methoxy groups -OCH3 is 2. The van der Waals surface area contributed by atoms with Crippen molar-refractivity contribution in [3.8, 4) is 0 Å². The molecule has 1 saturated carbocycles. The minimum atomic E-state index is -0.910. The topological polar surface area (TPSA) is 55.8 Å². The molecule has 1 aliphatic carbocycles. The Hall–Kier alpha value is -0.910. The van der Waals surface area contributed by atoms with Crippen molar-refractivity contribution in [1.82, 2.24) is 0 Å². The van der Waals surface area contributed by atoms with Gasteiger partial charge in [-0.1, -0.05) is 41.9 Å². The molecule has 112 valence electrons. The lowest BCUT2D eigenvalue weighted by Gasteiger charge is -2.51. The van der Waals surface area contributed by atoms with Crippen LogP contribution < -0.4 is 0 Å². The molecule has 0 saturated heterocycles. The van der Waals surface area contributed by atoms with E-state index in [0.29, 0.717) is 12.8 Å².